The van der Waals surface area contributed by atoms with Crippen molar-refractivity contribution in [2.24, 2.45) is 10.9 Å². The fraction of sp³-hybridized carbons (Fsp3) is 0.632. The first-order valence-electron chi connectivity index (χ1n) is 9.42. The van der Waals surface area contributed by atoms with Gasteiger partial charge in [-0.15, -0.1) is 0 Å². The van der Waals surface area contributed by atoms with E-state index in [2.05, 4.69) is 48.7 Å². The van der Waals surface area contributed by atoms with Gasteiger partial charge >= 0.3 is 0 Å². The van der Waals surface area contributed by atoms with E-state index >= 15 is 0 Å². The van der Waals surface area contributed by atoms with Crippen LogP contribution in [0.1, 0.15) is 38.2 Å². The van der Waals surface area contributed by atoms with Crippen molar-refractivity contribution >= 4 is 16.0 Å². The molecule has 1 aromatic carbocycles. The van der Waals surface area contributed by atoms with Crippen molar-refractivity contribution < 1.29 is 8.42 Å². The van der Waals surface area contributed by atoms with E-state index in [1.54, 1.807) is 4.31 Å². The van der Waals surface area contributed by atoms with Gasteiger partial charge in [-0.05, 0) is 31.2 Å². The van der Waals surface area contributed by atoms with Crippen molar-refractivity contribution in [2.75, 3.05) is 39.0 Å². The van der Waals surface area contributed by atoms with E-state index in [9.17, 15) is 8.42 Å². The Hall–Kier alpha value is -1.60. The molecule has 7 heteroatoms. The zero-order valence-electron chi connectivity index (χ0n) is 16.1. The molecular weight excluding hydrogens is 348 g/mol. The number of nitrogens with one attached hydrogen (secondary N) is 2. The lowest BCUT2D eigenvalue weighted by atomic mass is 9.98. The van der Waals surface area contributed by atoms with E-state index in [0.29, 0.717) is 24.9 Å². The second-order valence-corrected chi connectivity index (χ2v) is 9.00. The number of piperidine rings is 1. The average molecular weight is 381 g/mol. The highest BCUT2D eigenvalue weighted by molar-refractivity contribution is 7.88. The highest BCUT2D eigenvalue weighted by Gasteiger charge is 2.24. The van der Waals surface area contributed by atoms with Crippen LogP contribution in [-0.4, -0.2) is 57.7 Å². The Kier molecular flexibility index (Phi) is 7.90. The minimum Gasteiger partial charge on any atom is -0.357 e. The minimum atomic E-state index is -3.06. The number of aliphatic imine (C=N–C) groups is 1. The smallest absolute Gasteiger partial charge is 0.211 e. The quantitative estimate of drug-likeness (QED) is 0.561. The Labute approximate surface area is 158 Å². The molecule has 0 aliphatic carbocycles. The molecule has 1 heterocycles. The van der Waals surface area contributed by atoms with Crippen LogP contribution in [0.15, 0.2) is 35.3 Å². The summed E-state index contributed by atoms with van der Waals surface area (Å²) in [5.74, 6) is 1.67. The first-order chi connectivity index (χ1) is 12.4. The van der Waals surface area contributed by atoms with Crippen molar-refractivity contribution in [1.29, 1.82) is 0 Å². The SMILES string of the molecule is CCNC(=NCC(C)c1ccccc1)NCC1CCN(S(C)(=O)=O)CC1. The maximum atomic E-state index is 11.6. The zero-order chi connectivity index (χ0) is 19.0. The second kappa shape index (κ2) is 9.92. The van der Waals surface area contributed by atoms with Gasteiger partial charge in [-0.1, -0.05) is 37.3 Å². The van der Waals surface area contributed by atoms with Crippen LogP contribution in [-0.2, 0) is 10.0 Å². The van der Waals surface area contributed by atoms with Crippen molar-refractivity contribution in [3.8, 4) is 0 Å². The summed E-state index contributed by atoms with van der Waals surface area (Å²) in [6, 6.07) is 10.4. The third-order valence-corrected chi connectivity index (χ3v) is 6.14. The maximum Gasteiger partial charge on any atom is 0.211 e. The van der Waals surface area contributed by atoms with Gasteiger partial charge in [0.25, 0.3) is 0 Å². The summed E-state index contributed by atoms with van der Waals surface area (Å²) in [4.78, 5) is 4.72. The van der Waals surface area contributed by atoms with E-state index in [0.717, 1.165) is 38.4 Å². The molecule has 0 amide bonds. The van der Waals surface area contributed by atoms with Gasteiger partial charge in [0.1, 0.15) is 0 Å². The standard InChI is InChI=1S/C19H32N4O2S/c1-4-20-19(21-14-16(2)18-8-6-5-7-9-18)22-15-17-10-12-23(13-11-17)26(3,24)25/h5-9,16-17H,4,10-15H2,1-3H3,(H2,20,21,22). The predicted octanol–water partition coefficient (Wildman–Crippen LogP) is 2.02. The molecule has 1 fully saturated rings. The van der Waals surface area contributed by atoms with Gasteiger partial charge in [0.15, 0.2) is 5.96 Å². The van der Waals surface area contributed by atoms with Crippen molar-refractivity contribution in [3.05, 3.63) is 35.9 Å². The van der Waals surface area contributed by atoms with E-state index in [-0.39, 0.29) is 0 Å². The normalized spacial score (nSPS) is 18.5. The summed E-state index contributed by atoms with van der Waals surface area (Å²) in [7, 11) is -3.06. The number of benzene rings is 1. The molecular formula is C19H32N4O2S. The fourth-order valence-corrected chi connectivity index (χ4v) is 4.02. The van der Waals surface area contributed by atoms with Gasteiger partial charge < -0.3 is 10.6 Å². The Morgan fingerprint density at radius 3 is 2.46 bits per heavy atom. The Morgan fingerprint density at radius 2 is 1.88 bits per heavy atom. The lowest BCUT2D eigenvalue weighted by Crippen LogP contribution is -2.44. The van der Waals surface area contributed by atoms with Crippen LogP contribution in [0.2, 0.25) is 0 Å². The third kappa shape index (κ3) is 6.61. The van der Waals surface area contributed by atoms with Crippen LogP contribution in [0.4, 0.5) is 0 Å². The number of hydrogen-bond donors (Lipinski definition) is 2. The van der Waals surface area contributed by atoms with Crippen molar-refractivity contribution in [2.45, 2.75) is 32.6 Å². The number of guanidine groups is 1. The Morgan fingerprint density at radius 1 is 1.23 bits per heavy atom. The summed E-state index contributed by atoms with van der Waals surface area (Å²) in [6.07, 6.45) is 3.06. The Bertz CT molecular complexity index is 668. The highest BCUT2D eigenvalue weighted by atomic mass is 32.2. The number of rotatable bonds is 7. The molecule has 0 radical (unpaired) electrons. The molecule has 1 aromatic rings. The lowest BCUT2D eigenvalue weighted by molar-refractivity contribution is 0.275. The monoisotopic (exact) mass is 380 g/mol. The lowest BCUT2D eigenvalue weighted by Gasteiger charge is -2.30. The Balaban J connectivity index is 1.82. The van der Waals surface area contributed by atoms with E-state index in [4.69, 9.17) is 4.99 Å². The number of hydrogen-bond acceptors (Lipinski definition) is 3. The molecule has 1 aliphatic rings. The van der Waals surface area contributed by atoms with Crippen LogP contribution >= 0.6 is 0 Å². The molecule has 0 saturated carbocycles. The minimum absolute atomic E-state index is 0.365. The first-order valence-corrected chi connectivity index (χ1v) is 11.3. The summed E-state index contributed by atoms with van der Waals surface area (Å²) < 4.78 is 24.8. The summed E-state index contributed by atoms with van der Waals surface area (Å²) in [5.41, 5.74) is 1.29. The maximum absolute atomic E-state index is 11.6. The van der Waals surface area contributed by atoms with Crippen LogP contribution in [0.3, 0.4) is 0 Å². The predicted molar refractivity (Wildman–Crippen MR) is 108 cm³/mol. The van der Waals surface area contributed by atoms with Gasteiger partial charge in [0, 0.05) is 38.6 Å². The van der Waals surface area contributed by atoms with Gasteiger partial charge in [-0.25, -0.2) is 12.7 Å². The molecule has 146 valence electrons. The molecule has 6 nitrogen and oxygen atoms in total. The molecule has 1 saturated heterocycles. The van der Waals surface area contributed by atoms with Crippen LogP contribution in [0.25, 0.3) is 0 Å². The number of nitrogens with zero attached hydrogens (tertiary/aromatic N) is 2. The summed E-state index contributed by atoms with van der Waals surface area (Å²) in [5, 5.41) is 6.72. The molecule has 1 aliphatic heterocycles. The molecule has 2 rings (SSSR count). The van der Waals surface area contributed by atoms with E-state index in [1.165, 1.54) is 11.8 Å². The van der Waals surface area contributed by atoms with Gasteiger partial charge in [0.2, 0.25) is 10.0 Å². The van der Waals surface area contributed by atoms with Crippen LogP contribution in [0, 0.1) is 5.92 Å². The summed E-state index contributed by atoms with van der Waals surface area (Å²) >= 11 is 0. The van der Waals surface area contributed by atoms with Crippen LogP contribution < -0.4 is 10.6 Å². The molecule has 1 atom stereocenters. The molecule has 26 heavy (non-hydrogen) atoms. The molecule has 0 spiro atoms. The highest BCUT2D eigenvalue weighted by Crippen LogP contribution is 2.18. The van der Waals surface area contributed by atoms with E-state index < -0.39 is 10.0 Å². The molecule has 0 bridgehead atoms. The number of sulfonamides is 1. The largest absolute Gasteiger partial charge is 0.357 e. The zero-order valence-corrected chi connectivity index (χ0v) is 16.9. The first kappa shape index (κ1) is 20.7. The molecule has 2 N–H and O–H groups in total. The van der Waals surface area contributed by atoms with Crippen molar-refractivity contribution in [1.82, 2.24) is 14.9 Å². The van der Waals surface area contributed by atoms with Crippen molar-refractivity contribution in [3.63, 3.8) is 0 Å². The van der Waals surface area contributed by atoms with Gasteiger partial charge in [-0.2, -0.15) is 0 Å². The molecule has 0 aromatic heterocycles. The third-order valence-electron chi connectivity index (χ3n) is 4.84. The second-order valence-electron chi connectivity index (χ2n) is 7.02. The van der Waals surface area contributed by atoms with E-state index in [1.807, 2.05) is 6.07 Å². The average Bonchev–Trinajstić information content (AvgIpc) is 2.64. The van der Waals surface area contributed by atoms with Gasteiger partial charge in [-0.3, -0.25) is 4.99 Å². The topological polar surface area (TPSA) is 73.8 Å². The summed E-state index contributed by atoms with van der Waals surface area (Å²) in [6.45, 7) is 7.84. The van der Waals surface area contributed by atoms with Gasteiger partial charge in [0.05, 0.1) is 6.26 Å². The fourth-order valence-electron chi connectivity index (χ4n) is 3.14. The molecule has 1 unspecified atom stereocenters. The van der Waals surface area contributed by atoms with Crippen LogP contribution in [0.5, 0.6) is 0 Å².